The van der Waals surface area contributed by atoms with Crippen LogP contribution >= 0.6 is 0 Å². The van der Waals surface area contributed by atoms with Crippen LogP contribution < -0.4 is 0 Å². The van der Waals surface area contributed by atoms with Gasteiger partial charge < -0.3 is 47.4 Å². The first-order valence-corrected chi connectivity index (χ1v) is 19.7. The van der Waals surface area contributed by atoms with Gasteiger partial charge in [-0.05, 0) is 27.8 Å². The number of hydrogen-bond acceptors (Lipinski definition) is 13. The smallest absolute Gasteiger partial charge is 0.303 e. The number of carbonyl (C=O) groups is 2. The fourth-order valence-electron chi connectivity index (χ4n) is 7.10. The second-order valence-corrected chi connectivity index (χ2v) is 14.3. The van der Waals surface area contributed by atoms with Crippen LogP contribution in [-0.4, -0.2) is 93.6 Å². The second-order valence-electron chi connectivity index (χ2n) is 14.3. The van der Waals surface area contributed by atoms with Crippen molar-refractivity contribution in [2.75, 3.05) is 20.3 Å². The lowest BCUT2D eigenvalue weighted by molar-refractivity contribution is -0.335. The Kier molecular flexibility index (Phi) is 17.0. The van der Waals surface area contributed by atoms with E-state index in [0.29, 0.717) is 0 Å². The van der Waals surface area contributed by atoms with Gasteiger partial charge in [0.15, 0.2) is 18.7 Å². The molecule has 2 aliphatic heterocycles. The number of esters is 2. The molecule has 15 nitrogen and oxygen atoms in total. The van der Waals surface area contributed by atoms with Gasteiger partial charge in [-0.1, -0.05) is 126 Å². The third-order valence-corrected chi connectivity index (χ3v) is 9.94. The van der Waals surface area contributed by atoms with Gasteiger partial charge in [0, 0.05) is 25.9 Å². The maximum Gasteiger partial charge on any atom is 0.303 e. The molecule has 0 bridgehead atoms. The summed E-state index contributed by atoms with van der Waals surface area (Å²) in [6.45, 7) is 2.71. The van der Waals surface area contributed by atoms with Crippen molar-refractivity contribution in [2.45, 2.75) is 102 Å². The highest BCUT2D eigenvalue weighted by molar-refractivity contribution is 5.66. The molecule has 0 aromatic heterocycles. The number of nitrogens with zero attached hydrogens (tertiary/aromatic N) is 3. The van der Waals surface area contributed by atoms with E-state index in [4.69, 9.17) is 47.4 Å². The van der Waals surface area contributed by atoms with E-state index < -0.39 is 73.3 Å². The van der Waals surface area contributed by atoms with E-state index in [1.165, 1.54) is 21.0 Å². The minimum Gasteiger partial charge on any atom is -0.463 e. The predicted octanol–water partition coefficient (Wildman–Crippen LogP) is 6.61. The van der Waals surface area contributed by atoms with Gasteiger partial charge in [-0.15, -0.1) is 0 Å². The summed E-state index contributed by atoms with van der Waals surface area (Å²) in [6.07, 6.45) is -8.74. The van der Waals surface area contributed by atoms with Crippen molar-refractivity contribution in [2.24, 2.45) is 5.11 Å². The van der Waals surface area contributed by atoms with Crippen LogP contribution in [0.4, 0.5) is 0 Å². The van der Waals surface area contributed by atoms with Crippen LogP contribution in [-0.2, 0) is 83.4 Å². The zero-order chi connectivity index (χ0) is 42.1. The highest BCUT2D eigenvalue weighted by Crippen LogP contribution is 2.34. The van der Waals surface area contributed by atoms with Crippen LogP contribution in [0.25, 0.3) is 10.4 Å². The Balaban J connectivity index is 1.31. The average molecular weight is 826 g/mol. The molecule has 0 unspecified atom stereocenters. The molecule has 0 N–H and O–H groups in total. The van der Waals surface area contributed by atoms with E-state index >= 15 is 0 Å². The topological polar surface area (TPSA) is 175 Å². The summed E-state index contributed by atoms with van der Waals surface area (Å²) in [6, 6.07) is 37.3. The Hall–Kier alpha value is -5.19. The van der Waals surface area contributed by atoms with Crippen molar-refractivity contribution < 1.29 is 57.0 Å². The molecule has 0 amide bonds. The Morgan fingerprint density at radius 3 is 1.43 bits per heavy atom. The number of hydrogen-bond donors (Lipinski definition) is 0. The van der Waals surface area contributed by atoms with Crippen LogP contribution in [0.15, 0.2) is 126 Å². The van der Waals surface area contributed by atoms with Crippen LogP contribution in [0.1, 0.15) is 36.1 Å². The zero-order valence-corrected chi connectivity index (χ0v) is 33.8. The number of rotatable bonds is 20. The first-order valence-electron chi connectivity index (χ1n) is 19.7. The number of carbonyl (C=O) groups excluding carboxylic acids is 2. The molecule has 2 saturated heterocycles. The molecule has 2 heterocycles. The first kappa shape index (κ1) is 44.4. The van der Waals surface area contributed by atoms with Gasteiger partial charge in [0.05, 0.1) is 33.0 Å². The van der Waals surface area contributed by atoms with Crippen molar-refractivity contribution in [3.8, 4) is 0 Å². The summed E-state index contributed by atoms with van der Waals surface area (Å²) in [5.74, 6) is -1.23. The molecule has 60 heavy (non-hydrogen) atoms. The monoisotopic (exact) mass is 825 g/mol. The van der Waals surface area contributed by atoms with Crippen molar-refractivity contribution in [1.82, 2.24) is 0 Å². The first-order chi connectivity index (χ1) is 29.3. The Morgan fingerprint density at radius 2 is 0.983 bits per heavy atom. The van der Waals surface area contributed by atoms with Crippen molar-refractivity contribution in [3.05, 3.63) is 154 Å². The number of ether oxygens (including phenoxy) is 10. The summed E-state index contributed by atoms with van der Waals surface area (Å²) in [4.78, 5) is 27.5. The van der Waals surface area contributed by atoms with Gasteiger partial charge in [-0.2, -0.15) is 0 Å². The molecule has 0 saturated carbocycles. The molecule has 2 fully saturated rings. The molecule has 0 radical (unpaired) electrons. The van der Waals surface area contributed by atoms with Gasteiger partial charge >= 0.3 is 11.9 Å². The normalized spacial score (nSPS) is 26.4. The van der Waals surface area contributed by atoms with Crippen LogP contribution in [0.3, 0.4) is 0 Å². The lowest BCUT2D eigenvalue weighted by Gasteiger charge is -2.47. The highest BCUT2D eigenvalue weighted by atomic mass is 16.7. The quantitative estimate of drug-likeness (QED) is 0.0404. The molecule has 10 atom stereocenters. The van der Waals surface area contributed by atoms with Crippen molar-refractivity contribution in [3.63, 3.8) is 0 Å². The molecule has 2 aliphatic rings. The zero-order valence-electron chi connectivity index (χ0n) is 33.8. The molecule has 0 aliphatic carbocycles. The van der Waals surface area contributed by atoms with Gasteiger partial charge in [0.1, 0.15) is 49.3 Å². The lowest BCUT2D eigenvalue weighted by Crippen LogP contribution is -2.63. The summed E-state index contributed by atoms with van der Waals surface area (Å²) in [7, 11) is 1.52. The SMILES string of the molecule is CO[C@H]1O[C@H](CO[C@H]2O[C@H](COC(C)=O)[C@@H](OC(C)=O)[C@H](OCc3ccccc3)[C@@H]2N=[N+]=[N-])[C@@H](OCc2ccccc2)[C@H](OCc2ccccc2)[C@H]1OCc1ccccc1. The summed E-state index contributed by atoms with van der Waals surface area (Å²) >= 11 is 0. The van der Waals surface area contributed by atoms with E-state index in [1.807, 2.05) is 121 Å². The van der Waals surface area contributed by atoms with Crippen LogP contribution in [0.5, 0.6) is 0 Å². The molecule has 15 heteroatoms. The minimum atomic E-state index is -1.30. The minimum absolute atomic E-state index is 0.0647. The number of methoxy groups -OCH3 is 1. The molecule has 4 aromatic carbocycles. The Morgan fingerprint density at radius 1 is 0.550 bits per heavy atom. The van der Waals surface area contributed by atoms with E-state index in [9.17, 15) is 15.1 Å². The Labute approximate surface area is 349 Å². The third kappa shape index (κ3) is 12.7. The number of azide groups is 1. The molecular formula is C45H51N3O12. The molecule has 6 rings (SSSR count). The summed E-state index contributed by atoms with van der Waals surface area (Å²) in [5.41, 5.74) is 13.4. The van der Waals surface area contributed by atoms with Gasteiger partial charge in [0.25, 0.3) is 0 Å². The van der Waals surface area contributed by atoms with Gasteiger partial charge in [-0.3, -0.25) is 9.59 Å². The number of benzene rings is 4. The fraction of sp³-hybridized carbons (Fsp3) is 0.422. The van der Waals surface area contributed by atoms with Gasteiger partial charge in [0.2, 0.25) is 0 Å². The average Bonchev–Trinajstić information content (AvgIpc) is 3.27. The standard InChI is InChI=1S/C45H51N3O12/c1-30(49)52-28-37-40(58-31(2)50)41(54-25-33-18-10-5-11-19-33)38(47-48-46)44(59-37)57-29-36-39(53-24-32-16-8-4-9-17-32)42(55-26-34-20-12-6-13-21-34)43(45(51-3)60-36)56-27-35-22-14-7-15-23-35/h4-23,36-45H,24-29H2,1-3H3/t36-,37-,38+,39-,40-,41-,42+,43-,44+,45+/m1/s1. The second kappa shape index (κ2) is 23.0. The van der Waals surface area contributed by atoms with E-state index in [0.717, 1.165) is 22.3 Å². The Bertz CT molecular complexity index is 1940. The van der Waals surface area contributed by atoms with E-state index in [-0.39, 0.29) is 39.6 Å². The molecule has 4 aromatic rings. The van der Waals surface area contributed by atoms with E-state index in [1.54, 1.807) is 0 Å². The highest BCUT2D eigenvalue weighted by Gasteiger charge is 2.52. The molecule has 0 spiro atoms. The fourth-order valence-corrected chi connectivity index (χ4v) is 7.10. The lowest BCUT2D eigenvalue weighted by atomic mass is 9.96. The van der Waals surface area contributed by atoms with Crippen LogP contribution in [0, 0.1) is 0 Å². The largest absolute Gasteiger partial charge is 0.463 e. The van der Waals surface area contributed by atoms with E-state index in [2.05, 4.69) is 10.0 Å². The predicted molar refractivity (Wildman–Crippen MR) is 215 cm³/mol. The van der Waals surface area contributed by atoms with Crippen molar-refractivity contribution >= 4 is 11.9 Å². The third-order valence-electron chi connectivity index (χ3n) is 9.94. The maximum absolute atomic E-state index is 12.4. The summed E-state index contributed by atoms with van der Waals surface area (Å²) in [5, 5.41) is 4.04. The molecule has 318 valence electrons. The maximum atomic E-state index is 12.4. The molecular weight excluding hydrogens is 775 g/mol. The van der Waals surface area contributed by atoms with Gasteiger partial charge in [-0.25, -0.2) is 0 Å². The summed E-state index contributed by atoms with van der Waals surface area (Å²) < 4.78 is 62.8. The van der Waals surface area contributed by atoms with Crippen molar-refractivity contribution in [1.29, 1.82) is 0 Å². The van der Waals surface area contributed by atoms with Crippen LogP contribution in [0.2, 0.25) is 0 Å².